The Morgan fingerprint density at radius 2 is 1.88 bits per heavy atom. The van der Waals surface area contributed by atoms with Gasteiger partial charge in [0.05, 0.1) is 11.3 Å². The molecule has 0 amide bonds. The summed E-state index contributed by atoms with van der Waals surface area (Å²) in [5.41, 5.74) is 6.09. The molecule has 0 fully saturated rings. The van der Waals surface area contributed by atoms with Gasteiger partial charge in [-0.3, -0.25) is 0 Å². The number of benzene rings is 1. The van der Waals surface area contributed by atoms with Crippen LogP contribution in [-0.4, -0.2) is 17.0 Å². The fourth-order valence-corrected chi connectivity index (χ4v) is 1.57. The quantitative estimate of drug-likeness (QED) is 0.508. The van der Waals surface area contributed by atoms with E-state index in [1.54, 1.807) is 30.2 Å². The fourth-order valence-electron chi connectivity index (χ4n) is 1.30. The summed E-state index contributed by atoms with van der Waals surface area (Å²) in [5, 5.41) is 9.01. The number of hydrogen-bond donors (Lipinski definition) is 2. The van der Waals surface area contributed by atoms with Gasteiger partial charge in [0.25, 0.3) is 0 Å². The predicted octanol–water partition coefficient (Wildman–Crippen LogP) is 1.98. The lowest BCUT2D eigenvalue weighted by Gasteiger charge is -2.07. The highest BCUT2D eigenvalue weighted by Gasteiger charge is 2.16. The van der Waals surface area contributed by atoms with E-state index >= 15 is 0 Å². The second kappa shape index (κ2) is 5.48. The number of carboxylic acids is 1. The molecule has 3 N–H and O–H groups in total. The van der Waals surface area contributed by atoms with E-state index in [1.807, 2.05) is 0 Å². The lowest BCUT2D eigenvalue weighted by atomic mass is 10.0. The van der Waals surface area contributed by atoms with Crippen molar-refractivity contribution in [2.24, 2.45) is 5.73 Å². The molecular formula is C12H10BrNO3. The Kier molecular flexibility index (Phi) is 4.26. The molecule has 5 heteroatoms. The van der Waals surface area contributed by atoms with E-state index in [4.69, 9.17) is 10.8 Å². The zero-order chi connectivity index (χ0) is 13.0. The van der Waals surface area contributed by atoms with E-state index in [-0.39, 0.29) is 16.8 Å². The van der Waals surface area contributed by atoms with Gasteiger partial charge in [0.15, 0.2) is 0 Å². The van der Waals surface area contributed by atoms with E-state index in [0.717, 1.165) is 4.47 Å². The highest BCUT2D eigenvalue weighted by molar-refractivity contribution is 9.10. The Morgan fingerprint density at radius 3 is 2.29 bits per heavy atom. The van der Waals surface area contributed by atoms with Crippen molar-refractivity contribution in [3.05, 3.63) is 45.4 Å². The van der Waals surface area contributed by atoms with Crippen molar-refractivity contribution in [1.29, 1.82) is 0 Å². The van der Waals surface area contributed by atoms with Gasteiger partial charge in [-0.2, -0.15) is 0 Å². The summed E-state index contributed by atoms with van der Waals surface area (Å²) in [7, 11) is 0. The molecule has 0 saturated heterocycles. The van der Waals surface area contributed by atoms with Gasteiger partial charge in [-0.15, -0.1) is 0 Å². The molecule has 1 aromatic rings. The van der Waals surface area contributed by atoms with Crippen LogP contribution in [0.5, 0.6) is 0 Å². The minimum Gasteiger partial charge on any atom is -0.478 e. The van der Waals surface area contributed by atoms with Crippen molar-refractivity contribution in [3.8, 4) is 0 Å². The number of carbonyl (C=O) groups is 1. The average Bonchev–Trinajstić information content (AvgIpc) is 2.29. The molecule has 0 saturated carbocycles. The van der Waals surface area contributed by atoms with Gasteiger partial charge in [0.2, 0.25) is 0 Å². The van der Waals surface area contributed by atoms with Crippen LogP contribution in [0.25, 0.3) is 5.70 Å². The number of carboxylic acid groups (broad SMARTS) is 1. The normalized spacial score (nSPS) is 11.4. The first kappa shape index (κ1) is 13.2. The van der Waals surface area contributed by atoms with Crippen molar-refractivity contribution in [3.63, 3.8) is 0 Å². The minimum atomic E-state index is -1.24. The molecule has 4 nitrogen and oxygen atoms in total. The first-order chi connectivity index (χ1) is 7.97. The molecule has 0 radical (unpaired) electrons. The SMILES string of the molecule is CC(=C=O)/C(C(=O)O)=C(/N)c1ccc(Br)cc1. The lowest BCUT2D eigenvalue weighted by Crippen LogP contribution is -2.11. The van der Waals surface area contributed by atoms with Gasteiger partial charge in [-0.05, 0) is 24.6 Å². The van der Waals surface area contributed by atoms with E-state index < -0.39 is 5.97 Å². The Labute approximate surface area is 107 Å². The van der Waals surface area contributed by atoms with Crippen LogP contribution in [0, 0.1) is 0 Å². The molecule has 0 bridgehead atoms. The molecule has 0 aliphatic heterocycles. The van der Waals surface area contributed by atoms with Crippen LogP contribution in [0.4, 0.5) is 0 Å². The molecule has 88 valence electrons. The third-order valence-electron chi connectivity index (χ3n) is 2.17. The maximum atomic E-state index is 11.0. The van der Waals surface area contributed by atoms with Crippen molar-refractivity contribution < 1.29 is 14.7 Å². The second-order valence-corrected chi connectivity index (χ2v) is 4.24. The van der Waals surface area contributed by atoms with Crippen LogP contribution in [0.15, 0.2) is 39.9 Å². The highest BCUT2D eigenvalue weighted by atomic mass is 79.9. The number of carbonyl (C=O) groups excluding carboxylic acids is 1. The topological polar surface area (TPSA) is 80.4 Å². The molecule has 0 atom stereocenters. The largest absolute Gasteiger partial charge is 0.478 e. The Bertz CT molecular complexity index is 525. The van der Waals surface area contributed by atoms with E-state index in [9.17, 15) is 9.59 Å². The summed E-state index contributed by atoms with van der Waals surface area (Å²) in [6, 6.07) is 6.81. The zero-order valence-corrected chi connectivity index (χ0v) is 10.6. The van der Waals surface area contributed by atoms with Crippen molar-refractivity contribution in [2.75, 3.05) is 0 Å². The second-order valence-electron chi connectivity index (χ2n) is 3.33. The van der Waals surface area contributed by atoms with Gasteiger partial charge < -0.3 is 10.8 Å². The summed E-state index contributed by atoms with van der Waals surface area (Å²) in [6.07, 6.45) is 0. The Morgan fingerprint density at radius 1 is 1.35 bits per heavy atom. The molecule has 0 unspecified atom stereocenters. The molecule has 0 aromatic heterocycles. The van der Waals surface area contributed by atoms with Crippen LogP contribution >= 0.6 is 15.9 Å². The average molecular weight is 296 g/mol. The first-order valence-electron chi connectivity index (χ1n) is 4.68. The standard InChI is InChI=1S/C12H10BrNO3/c1-7(6-15)10(12(16)17)11(14)8-2-4-9(13)5-3-8/h2-5H,14H2,1H3,(H,16,17)/b11-10-. The summed E-state index contributed by atoms with van der Waals surface area (Å²) in [6.45, 7) is 1.36. The molecule has 1 rings (SSSR count). The summed E-state index contributed by atoms with van der Waals surface area (Å²) < 4.78 is 0.855. The van der Waals surface area contributed by atoms with Gasteiger partial charge in [0, 0.05) is 10.0 Å². The molecule has 0 spiro atoms. The van der Waals surface area contributed by atoms with E-state index in [1.165, 1.54) is 6.92 Å². The maximum absolute atomic E-state index is 11.0. The third kappa shape index (κ3) is 3.06. The lowest BCUT2D eigenvalue weighted by molar-refractivity contribution is -0.132. The number of rotatable bonds is 3. The molecule has 0 heterocycles. The Hall–Kier alpha value is -1.84. The zero-order valence-electron chi connectivity index (χ0n) is 9.03. The van der Waals surface area contributed by atoms with Crippen molar-refractivity contribution in [1.82, 2.24) is 0 Å². The predicted molar refractivity (Wildman–Crippen MR) is 67.8 cm³/mol. The monoisotopic (exact) mass is 295 g/mol. The van der Waals surface area contributed by atoms with Crippen LogP contribution in [-0.2, 0) is 9.59 Å². The van der Waals surface area contributed by atoms with Crippen molar-refractivity contribution >= 4 is 33.5 Å². The van der Waals surface area contributed by atoms with Crippen molar-refractivity contribution in [2.45, 2.75) is 6.92 Å². The van der Waals surface area contributed by atoms with Crippen LogP contribution in [0.1, 0.15) is 12.5 Å². The van der Waals surface area contributed by atoms with Crippen LogP contribution in [0.3, 0.4) is 0 Å². The number of aliphatic carboxylic acids is 1. The summed E-state index contributed by atoms with van der Waals surface area (Å²) in [4.78, 5) is 21.6. The molecule has 1 aromatic carbocycles. The smallest absolute Gasteiger partial charge is 0.338 e. The number of nitrogens with two attached hydrogens (primary N) is 1. The number of halogens is 1. The van der Waals surface area contributed by atoms with Crippen LogP contribution in [0.2, 0.25) is 0 Å². The fraction of sp³-hybridized carbons (Fsp3) is 0.0833. The maximum Gasteiger partial charge on any atom is 0.338 e. The minimum absolute atomic E-state index is 0.0297. The highest BCUT2D eigenvalue weighted by Crippen LogP contribution is 2.20. The summed E-state index contributed by atoms with van der Waals surface area (Å²) in [5.74, 6) is 0.303. The van der Waals surface area contributed by atoms with Gasteiger partial charge >= 0.3 is 5.97 Å². The molecule has 17 heavy (non-hydrogen) atoms. The Balaban J connectivity index is 3.39. The molecule has 0 aliphatic rings. The first-order valence-corrected chi connectivity index (χ1v) is 5.47. The van der Waals surface area contributed by atoms with E-state index in [0.29, 0.717) is 5.56 Å². The summed E-state index contributed by atoms with van der Waals surface area (Å²) >= 11 is 3.26. The van der Waals surface area contributed by atoms with Gasteiger partial charge in [0.1, 0.15) is 5.94 Å². The third-order valence-corrected chi connectivity index (χ3v) is 2.70. The molecular weight excluding hydrogens is 286 g/mol. The number of hydrogen-bond acceptors (Lipinski definition) is 3. The molecule has 0 aliphatic carbocycles. The van der Waals surface area contributed by atoms with Crippen LogP contribution < -0.4 is 5.73 Å². The van der Waals surface area contributed by atoms with Gasteiger partial charge in [-0.1, -0.05) is 28.1 Å². The van der Waals surface area contributed by atoms with Gasteiger partial charge in [-0.25, -0.2) is 9.59 Å². The van der Waals surface area contributed by atoms with E-state index in [2.05, 4.69) is 15.9 Å².